The first-order valence-electron chi connectivity index (χ1n) is 23.9. The third kappa shape index (κ3) is 14.3. The van der Waals surface area contributed by atoms with Gasteiger partial charge in [-0.15, -0.1) is 0 Å². The number of ketones is 3. The lowest BCUT2D eigenvalue weighted by Crippen LogP contribution is -2.62. The fraction of sp³-hybridized carbons (Fsp3) is 0.745. The molecule has 0 aromatic carbocycles. The van der Waals surface area contributed by atoms with Crippen molar-refractivity contribution in [3.63, 3.8) is 0 Å². The Bertz CT molecular complexity index is 1760. The van der Waals surface area contributed by atoms with Gasteiger partial charge in [-0.2, -0.15) is 0 Å². The maximum Gasteiger partial charge on any atom is 0.329 e. The quantitative estimate of drug-likeness (QED) is 0.156. The number of fused-ring (bicyclic) bond motifs is 3. The molecule has 14 nitrogen and oxygen atoms in total. The number of methoxy groups -OCH3 is 3. The Morgan fingerprint density at radius 2 is 1.55 bits per heavy atom. The van der Waals surface area contributed by atoms with E-state index >= 15 is 0 Å². The van der Waals surface area contributed by atoms with Crippen LogP contribution >= 0.6 is 0 Å². The van der Waals surface area contributed by atoms with E-state index in [4.69, 9.17) is 23.7 Å². The number of aliphatic hydroxyl groups is 3. The lowest BCUT2D eigenvalue weighted by molar-refractivity contribution is -0.231. The minimum atomic E-state index is -2.85. The molecule has 3 N–H and O–H groups in total. The third-order valence-corrected chi connectivity index (χ3v) is 14.4. The Kier molecular flexibility index (Phi) is 21.0. The zero-order valence-corrected chi connectivity index (χ0v) is 40.6. The summed E-state index contributed by atoms with van der Waals surface area (Å²) in [5, 5.41) is 34.1. The highest BCUT2D eigenvalue weighted by atomic mass is 16.6. The molecular formula is C51H79NO13. The molecule has 2 saturated heterocycles. The normalized spacial score (nSPS) is 40.4. The maximum absolute atomic E-state index is 14.6. The number of carbonyl (C=O) groups is 5. The summed E-state index contributed by atoms with van der Waals surface area (Å²) in [6, 6.07) is -1.16. The molecule has 1 aliphatic carbocycles. The predicted molar refractivity (Wildman–Crippen MR) is 245 cm³/mol. The highest BCUT2D eigenvalue weighted by Gasteiger charge is 2.55. The van der Waals surface area contributed by atoms with Crippen molar-refractivity contribution in [2.24, 2.45) is 35.5 Å². The topological polar surface area (TPSA) is 195 Å². The van der Waals surface area contributed by atoms with E-state index in [0.717, 1.165) is 12.0 Å². The van der Waals surface area contributed by atoms with E-state index in [-0.39, 0.29) is 61.2 Å². The molecule has 1 amide bonds. The summed E-state index contributed by atoms with van der Waals surface area (Å²) in [5.74, 6) is -8.01. The number of hydrogen-bond donors (Lipinski definition) is 3. The molecule has 4 aliphatic rings. The highest BCUT2D eigenvalue weighted by molar-refractivity contribution is 6.09. The lowest BCUT2D eigenvalue weighted by atomic mass is 9.78. The van der Waals surface area contributed by atoms with Crippen LogP contribution in [-0.4, -0.2) is 132 Å². The van der Waals surface area contributed by atoms with Crippen molar-refractivity contribution in [3.05, 3.63) is 47.6 Å². The van der Waals surface area contributed by atoms with Gasteiger partial charge in [0.1, 0.15) is 30.1 Å². The average molecular weight is 914 g/mol. The van der Waals surface area contributed by atoms with Crippen molar-refractivity contribution < 1.29 is 63.0 Å². The molecule has 0 aromatic heterocycles. The summed E-state index contributed by atoms with van der Waals surface area (Å²) >= 11 is 0. The van der Waals surface area contributed by atoms with Crippen LogP contribution in [0, 0.1) is 35.5 Å². The van der Waals surface area contributed by atoms with Gasteiger partial charge in [-0.1, -0.05) is 71.1 Å². The fourth-order valence-corrected chi connectivity index (χ4v) is 10.1. The smallest absolute Gasteiger partial charge is 0.329 e. The molecular weight excluding hydrogens is 835 g/mol. The molecule has 366 valence electrons. The standard InChI is InChI=1S/C51H79NO13/c1-30-16-12-11-13-17-31(2)42(61-8)28-38-21-19-32(3)48(57)51(60,65-38)50(59)52-23-15-14-18-39(52)49(58)64-43(34(5)26-37-20-22-40(53)44(27-37)62-9)29-41(54)33(4)25-36(7)46(56)47(63-10)45(55)35(6)24-30/h11-13,16-17,25,30,32-35,37-40,42-44,46-47,53,56,60H,14-15,18-24,26-29H2,1-10H3/b13-11+,16-12+,31-17+,36-25+/t30-,32-,33-,34+,35-,37+,38+,39+,40-,42+,43+,44-,46-,47+,51?/m1/s1. The van der Waals surface area contributed by atoms with Gasteiger partial charge < -0.3 is 43.9 Å². The molecule has 3 heterocycles. The number of hydrogen-bond acceptors (Lipinski definition) is 13. The van der Waals surface area contributed by atoms with Gasteiger partial charge in [0, 0.05) is 58.5 Å². The molecule has 3 aliphatic heterocycles. The Morgan fingerprint density at radius 1 is 0.831 bits per heavy atom. The van der Waals surface area contributed by atoms with Gasteiger partial charge >= 0.3 is 11.8 Å². The van der Waals surface area contributed by atoms with Crippen LogP contribution in [-0.2, 0) is 47.7 Å². The second kappa shape index (κ2) is 25.1. The van der Waals surface area contributed by atoms with Gasteiger partial charge in [0.05, 0.1) is 24.4 Å². The Hall–Kier alpha value is -3.37. The molecule has 0 aromatic rings. The average Bonchev–Trinajstić information content (AvgIpc) is 3.39. The summed E-state index contributed by atoms with van der Waals surface area (Å²) in [4.78, 5) is 72.1. The molecule has 0 radical (unpaired) electrons. The second-order valence-corrected chi connectivity index (χ2v) is 19.6. The van der Waals surface area contributed by atoms with Crippen molar-refractivity contribution in [2.75, 3.05) is 27.9 Å². The van der Waals surface area contributed by atoms with Gasteiger partial charge in [-0.3, -0.25) is 19.2 Å². The lowest BCUT2D eigenvalue weighted by Gasteiger charge is -2.40. The molecule has 1 unspecified atom stereocenters. The Balaban J connectivity index is 1.74. The summed E-state index contributed by atoms with van der Waals surface area (Å²) in [5.41, 5.74) is 1.24. The molecule has 4 rings (SSSR count). The van der Waals surface area contributed by atoms with E-state index in [0.29, 0.717) is 56.9 Å². The minimum absolute atomic E-state index is 0.0147. The number of ether oxygens (including phenoxy) is 5. The van der Waals surface area contributed by atoms with E-state index in [2.05, 4.69) is 0 Å². The van der Waals surface area contributed by atoms with Crippen LogP contribution in [0.5, 0.6) is 0 Å². The van der Waals surface area contributed by atoms with Crippen molar-refractivity contribution >= 4 is 29.2 Å². The Morgan fingerprint density at radius 3 is 2.23 bits per heavy atom. The number of Topliss-reactive ketones (excluding diaryl/α,β-unsaturated/α-hetero) is 3. The van der Waals surface area contributed by atoms with Crippen molar-refractivity contribution in [2.45, 2.75) is 180 Å². The molecule has 2 bridgehead atoms. The van der Waals surface area contributed by atoms with Crippen LogP contribution in [0.3, 0.4) is 0 Å². The largest absolute Gasteiger partial charge is 0.460 e. The number of cyclic esters (lactones) is 1. The molecule has 65 heavy (non-hydrogen) atoms. The van der Waals surface area contributed by atoms with Gasteiger partial charge in [-0.25, -0.2) is 4.79 Å². The highest BCUT2D eigenvalue weighted by Crippen LogP contribution is 2.36. The number of carbonyl (C=O) groups excluding carboxylic acids is 5. The van der Waals surface area contributed by atoms with E-state index in [1.54, 1.807) is 41.1 Å². The SMILES string of the molecule is CO[C@H]1C[C@@H]2CC[C@@H](C)C(=O)C(O)(O2)C(=O)N2CCCC[C@H]2C(=O)O[C@H]([C@@H](C)C[C@@H]2CC[C@@H](O)[C@H](OC)C2)CC(=O)[C@H](C)/C=C(\C)[C@@H](O)[C@@H](OC)C(=O)[C@H](C)C[C@H](C)/C=C/C=C/C=C/1C. The van der Waals surface area contributed by atoms with E-state index in [1.165, 1.54) is 12.0 Å². The summed E-state index contributed by atoms with van der Waals surface area (Å²) in [6.07, 6.45) is 10.7. The van der Waals surface area contributed by atoms with Crippen LogP contribution in [0.15, 0.2) is 47.6 Å². The summed E-state index contributed by atoms with van der Waals surface area (Å²) in [6.45, 7) is 12.7. The Labute approximate surface area is 387 Å². The molecule has 0 spiro atoms. The molecule has 3 fully saturated rings. The molecule has 1 saturated carbocycles. The summed E-state index contributed by atoms with van der Waals surface area (Å²) in [7, 11) is 4.51. The van der Waals surface area contributed by atoms with Crippen molar-refractivity contribution in [3.8, 4) is 0 Å². The zero-order chi connectivity index (χ0) is 48.2. The first kappa shape index (κ1) is 54.2. The fourth-order valence-electron chi connectivity index (χ4n) is 10.1. The third-order valence-electron chi connectivity index (χ3n) is 14.4. The molecule has 15 atom stereocenters. The maximum atomic E-state index is 14.6. The summed E-state index contributed by atoms with van der Waals surface area (Å²) < 4.78 is 29.5. The van der Waals surface area contributed by atoms with Gasteiger partial charge in [0.15, 0.2) is 5.78 Å². The van der Waals surface area contributed by atoms with Crippen LogP contribution in [0.2, 0.25) is 0 Å². The van der Waals surface area contributed by atoms with Crippen LogP contribution in [0.25, 0.3) is 0 Å². The van der Waals surface area contributed by atoms with Gasteiger partial charge in [0.25, 0.3) is 5.91 Å². The number of aliphatic hydroxyl groups excluding tert-OH is 2. The van der Waals surface area contributed by atoms with Crippen LogP contribution in [0.4, 0.5) is 0 Å². The number of allylic oxidation sites excluding steroid dienone is 6. The van der Waals surface area contributed by atoms with E-state index in [1.807, 2.05) is 58.1 Å². The number of amides is 1. The van der Waals surface area contributed by atoms with E-state index < -0.39 is 83.9 Å². The number of esters is 1. The first-order chi connectivity index (χ1) is 30.7. The monoisotopic (exact) mass is 914 g/mol. The molecule has 14 heteroatoms. The number of piperidine rings is 1. The first-order valence-corrected chi connectivity index (χ1v) is 23.9. The minimum Gasteiger partial charge on any atom is -0.460 e. The van der Waals surface area contributed by atoms with Crippen molar-refractivity contribution in [1.29, 1.82) is 0 Å². The van der Waals surface area contributed by atoms with Crippen LogP contribution in [0.1, 0.15) is 126 Å². The predicted octanol–water partition coefficient (Wildman–Crippen LogP) is 6.18. The van der Waals surface area contributed by atoms with E-state index in [9.17, 15) is 39.3 Å². The number of nitrogens with zero attached hydrogens (tertiary/aromatic N) is 1. The van der Waals surface area contributed by atoms with Gasteiger partial charge in [0.2, 0.25) is 5.78 Å². The van der Waals surface area contributed by atoms with Crippen LogP contribution < -0.4 is 0 Å². The second-order valence-electron chi connectivity index (χ2n) is 19.6. The van der Waals surface area contributed by atoms with Gasteiger partial charge in [-0.05, 0) is 107 Å². The van der Waals surface area contributed by atoms with Crippen molar-refractivity contribution in [1.82, 2.24) is 4.90 Å². The zero-order valence-electron chi connectivity index (χ0n) is 40.6. The number of rotatable bonds is 6.